The van der Waals surface area contributed by atoms with Crippen LogP contribution in [-0.4, -0.2) is 19.7 Å². The maximum atomic E-state index is 13.0. The molecule has 6 nitrogen and oxygen atoms in total. The first-order chi connectivity index (χ1) is 10.0. The molecule has 2 aromatic heterocycles. The number of rotatable bonds is 1. The van der Waals surface area contributed by atoms with Gasteiger partial charge in [0.2, 0.25) is 0 Å². The fourth-order valence-corrected chi connectivity index (χ4v) is 1.66. The number of nitrogens with zero attached hydrogens (tertiary/aromatic N) is 5. The topological polar surface area (TPSA) is 93.4 Å². The van der Waals surface area contributed by atoms with Gasteiger partial charge in [-0.1, -0.05) is 20.8 Å². The standard InChI is InChI=1S/C13H13F3N6/c1-12(2,3)8-4-9(13(14,15)16)21-11(20-8)22-10(18)7(5-17)6-19-22/h4,6H,18H2,1-3H3. The van der Waals surface area contributed by atoms with Gasteiger partial charge in [-0.25, -0.2) is 9.97 Å². The van der Waals surface area contributed by atoms with Gasteiger partial charge in [-0.05, 0) is 6.07 Å². The second-order valence-electron chi connectivity index (χ2n) is 5.65. The van der Waals surface area contributed by atoms with Gasteiger partial charge < -0.3 is 5.73 Å². The first-order valence-electron chi connectivity index (χ1n) is 6.25. The summed E-state index contributed by atoms with van der Waals surface area (Å²) < 4.78 is 40.0. The second-order valence-corrected chi connectivity index (χ2v) is 5.65. The fourth-order valence-electron chi connectivity index (χ4n) is 1.66. The van der Waals surface area contributed by atoms with E-state index in [0.717, 1.165) is 16.9 Å². The number of hydrogen-bond donors (Lipinski definition) is 1. The maximum absolute atomic E-state index is 13.0. The van der Waals surface area contributed by atoms with Crippen molar-refractivity contribution >= 4 is 5.82 Å². The largest absolute Gasteiger partial charge is 0.433 e. The van der Waals surface area contributed by atoms with Crippen molar-refractivity contribution in [2.75, 3.05) is 5.73 Å². The fraction of sp³-hybridized carbons (Fsp3) is 0.385. The van der Waals surface area contributed by atoms with Crippen molar-refractivity contribution in [2.24, 2.45) is 0 Å². The van der Waals surface area contributed by atoms with E-state index in [1.54, 1.807) is 26.8 Å². The summed E-state index contributed by atoms with van der Waals surface area (Å²) in [4.78, 5) is 7.57. The Morgan fingerprint density at radius 1 is 1.18 bits per heavy atom. The molecule has 116 valence electrons. The lowest BCUT2D eigenvalue weighted by Gasteiger charge is -2.20. The van der Waals surface area contributed by atoms with E-state index in [1.807, 2.05) is 0 Å². The van der Waals surface area contributed by atoms with E-state index in [4.69, 9.17) is 11.0 Å². The normalized spacial score (nSPS) is 12.2. The Bertz CT molecular complexity index is 716. The third-order valence-electron chi connectivity index (χ3n) is 2.89. The average molecular weight is 310 g/mol. The Labute approximate surface area is 124 Å². The summed E-state index contributed by atoms with van der Waals surface area (Å²) in [6.45, 7) is 5.19. The second kappa shape index (κ2) is 4.98. The Balaban J connectivity index is 2.70. The van der Waals surface area contributed by atoms with Crippen molar-refractivity contribution < 1.29 is 13.2 Å². The summed E-state index contributed by atoms with van der Waals surface area (Å²) in [5, 5.41) is 12.6. The van der Waals surface area contributed by atoms with Gasteiger partial charge in [0.1, 0.15) is 23.1 Å². The van der Waals surface area contributed by atoms with Gasteiger partial charge in [-0.15, -0.1) is 0 Å². The minimum atomic E-state index is -4.63. The highest BCUT2D eigenvalue weighted by atomic mass is 19.4. The molecular weight excluding hydrogens is 297 g/mol. The van der Waals surface area contributed by atoms with Gasteiger partial charge in [-0.3, -0.25) is 0 Å². The highest BCUT2D eigenvalue weighted by Crippen LogP contribution is 2.31. The van der Waals surface area contributed by atoms with Gasteiger partial charge in [0.05, 0.1) is 11.9 Å². The molecule has 9 heteroatoms. The predicted molar refractivity (Wildman–Crippen MR) is 72.0 cm³/mol. The molecule has 0 unspecified atom stereocenters. The number of alkyl halides is 3. The van der Waals surface area contributed by atoms with Crippen LogP contribution in [0.2, 0.25) is 0 Å². The molecule has 0 amide bonds. The number of hydrogen-bond acceptors (Lipinski definition) is 5. The van der Waals surface area contributed by atoms with E-state index in [2.05, 4.69) is 15.1 Å². The van der Waals surface area contributed by atoms with Gasteiger partial charge in [0, 0.05) is 5.41 Å². The molecule has 0 radical (unpaired) electrons. The number of nitrogen functional groups attached to an aromatic ring is 1. The molecule has 0 spiro atoms. The summed E-state index contributed by atoms with van der Waals surface area (Å²) >= 11 is 0. The summed E-state index contributed by atoms with van der Waals surface area (Å²) in [5.41, 5.74) is 4.20. The minimum Gasteiger partial charge on any atom is -0.382 e. The zero-order valence-corrected chi connectivity index (χ0v) is 12.1. The van der Waals surface area contributed by atoms with Gasteiger partial charge in [0.15, 0.2) is 0 Å². The van der Waals surface area contributed by atoms with E-state index in [9.17, 15) is 13.2 Å². The summed E-state index contributed by atoms with van der Waals surface area (Å²) in [6.07, 6.45) is -3.48. The van der Waals surface area contributed by atoms with Crippen molar-refractivity contribution in [3.8, 4) is 12.0 Å². The van der Waals surface area contributed by atoms with Crippen LogP contribution in [0.25, 0.3) is 5.95 Å². The molecule has 0 saturated heterocycles. The molecular formula is C13H13F3N6. The Hall–Kier alpha value is -2.63. The molecule has 0 aliphatic heterocycles. The molecule has 22 heavy (non-hydrogen) atoms. The Morgan fingerprint density at radius 3 is 2.23 bits per heavy atom. The lowest BCUT2D eigenvalue weighted by molar-refractivity contribution is -0.141. The zero-order chi connectivity index (χ0) is 16.7. The third-order valence-corrected chi connectivity index (χ3v) is 2.89. The molecule has 0 atom stereocenters. The van der Waals surface area contributed by atoms with E-state index in [-0.39, 0.29) is 23.0 Å². The predicted octanol–water partition coefficient (Wildman–Crippen LogP) is 2.43. The van der Waals surface area contributed by atoms with Crippen molar-refractivity contribution in [1.29, 1.82) is 5.26 Å². The maximum Gasteiger partial charge on any atom is 0.433 e. The summed E-state index contributed by atoms with van der Waals surface area (Å²) in [5.74, 6) is -0.430. The molecule has 0 aliphatic rings. The van der Waals surface area contributed by atoms with E-state index in [1.165, 1.54) is 0 Å². The SMILES string of the molecule is CC(C)(C)c1cc(C(F)(F)F)nc(-n2ncc(C#N)c2N)n1. The molecule has 2 aromatic rings. The third kappa shape index (κ3) is 2.86. The number of nitriles is 1. The zero-order valence-electron chi connectivity index (χ0n) is 12.1. The van der Waals surface area contributed by atoms with Crippen LogP contribution < -0.4 is 5.73 Å². The summed E-state index contributed by atoms with van der Waals surface area (Å²) in [7, 11) is 0. The average Bonchev–Trinajstić information content (AvgIpc) is 2.77. The van der Waals surface area contributed by atoms with Gasteiger partial charge in [-0.2, -0.15) is 28.2 Å². The highest BCUT2D eigenvalue weighted by Gasteiger charge is 2.35. The summed E-state index contributed by atoms with van der Waals surface area (Å²) in [6, 6.07) is 2.69. The van der Waals surface area contributed by atoms with Crippen LogP contribution in [0.1, 0.15) is 37.7 Å². The van der Waals surface area contributed by atoms with Crippen molar-refractivity contribution in [1.82, 2.24) is 19.7 Å². The van der Waals surface area contributed by atoms with Crippen LogP contribution in [0, 0.1) is 11.3 Å². The van der Waals surface area contributed by atoms with E-state index in [0.29, 0.717) is 0 Å². The number of halogens is 3. The molecule has 2 rings (SSSR count). The van der Waals surface area contributed by atoms with Crippen LogP contribution in [-0.2, 0) is 11.6 Å². The lowest BCUT2D eigenvalue weighted by atomic mass is 9.91. The Morgan fingerprint density at radius 2 is 1.77 bits per heavy atom. The first kappa shape index (κ1) is 15.8. The highest BCUT2D eigenvalue weighted by molar-refractivity contribution is 5.50. The number of nitrogens with two attached hydrogens (primary N) is 1. The van der Waals surface area contributed by atoms with Crippen molar-refractivity contribution in [3.63, 3.8) is 0 Å². The van der Waals surface area contributed by atoms with Gasteiger partial charge >= 0.3 is 6.18 Å². The monoisotopic (exact) mass is 310 g/mol. The molecule has 2 N–H and O–H groups in total. The molecule has 0 fully saturated rings. The van der Waals surface area contributed by atoms with E-state index < -0.39 is 17.3 Å². The van der Waals surface area contributed by atoms with Crippen molar-refractivity contribution in [3.05, 3.63) is 29.2 Å². The molecule has 0 aromatic carbocycles. The van der Waals surface area contributed by atoms with Crippen LogP contribution in [0.3, 0.4) is 0 Å². The molecule has 0 saturated carbocycles. The van der Waals surface area contributed by atoms with Gasteiger partial charge in [0.25, 0.3) is 5.95 Å². The molecule has 0 bridgehead atoms. The number of aromatic nitrogens is 4. The molecule has 0 aliphatic carbocycles. The number of anilines is 1. The van der Waals surface area contributed by atoms with Crippen LogP contribution in [0.4, 0.5) is 19.0 Å². The van der Waals surface area contributed by atoms with Crippen LogP contribution in [0.5, 0.6) is 0 Å². The van der Waals surface area contributed by atoms with E-state index >= 15 is 0 Å². The smallest absolute Gasteiger partial charge is 0.382 e. The first-order valence-corrected chi connectivity index (χ1v) is 6.25. The minimum absolute atomic E-state index is 0.0401. The Kier molecular flexibility index (Phi) is 3.56. The van der Waals surface area contributed by atoms with Crippen molar-refractivity contribution in [2.45, 2.75) is 32.4 Å². The molecule has 2 heterocycles. The van der Waals surface area contributed by atoms with Crippen LogP contribution in [0.15, 0.2) is 12.3 Å². The van der Waals surface area contributed by atoms with Crippen LogP contribution >= 0.6 is 0 Å². The quantitative estimate of drug-likeness (QED) is 0.873. The lowest BCUT2D eigenvalue weighted by Crippen LogP contribution is -2.21.